The molecule has 0 spiro atoms. The van der Waals surface area contributed by atoms with Crippen LogP contribution in [0.1, 0.15) is 23.8 Å². The molecule has 1 aromatic heterocycles. The Balaban J connectivity index is 1.70. The highest BCUT2D eigenvalue weighted by molar-refractivity contribution is 5.83. The second-order valence-corrected chi connectivity index (χ2v) is 7.90. The molecule has 33 heavy (non-hydrogen) atoms. The van der Waals surface area contributed by atoms with Gasteiger partial charge in [0.05, 0.1) is 17.6 Å². The van der Waals surface area contributed by atoms with Gasteiger partial charge in [0.1, 0.15) is 17.1 Å². The molecule has 4 aromatic rings. The number of benzene rings is 3. The van der Waals surface area contributed by atoms with E-state index in [1.807, 2.05) is 56.4 Å². The fourth-order valence-corrected chi connectivity index (χ4v) is 3.81. The third kappa shape index (κ3) is 4.86. The smallest absolute Gasteiger partial charge is 0.235 e. The first-order chi connectivity index (χ1) is 16.0. The Kier molecular flexibility index (Phi) is 6.66. The van der Waals surface area contributed by atoms with E-state index in [1.165, 1.54) is 6.07 Å². The highest BCUT2D eigenvalue weighted by atomic mass is 16.5. The number of hydrogen-bond acceptors (Lipinski definition) is 6. The molecule has 0 atom stereocenters. The summed E-state index contributed by atoms with van der Waals surface area (Å²) in [6, 6.07) is 20.3. The van der Waals surface area contributed by atoms with E-state index in [0.717, 1.165) is 5.56 Å². The lowest BCUT2D eigenvalue weighted by Crippen LogP contribution is -2.18. The molecule has 170 valence electrons. The van der Waals surface area contributed by atoms with Crippen molar-refractivity contribution in [2.24, 2.45) is 0 Å². The highest BCUT2D eigenvalue weighted by Gasteiger charge is 2.20. The monoisotopic (exact) mass is 445 g/mol. The maximum absolute atomic E-state index is 13.3. The van der Waals surface area contributed by atoms with Crippen molar-refractivity contribution in [3.05, 3.63) is 93.8 Å². The molecular formula is C27H27NO5. The van der Waals surface area contributed by atoms with Gasteiger partial charge in [0.15, 0.2) is 11.5 Å². The Labute approximate surface area is 192 Å². The fraction of sp³-hybridized carbons (Fsp3) is 0.222. The summed E-state index contributed by atoms with van der Waals surface area (Å²) < 4.78 is 17.6. The van der Waals surface area contributed by atoms with Gasteiger partial charge in [-0.15, -0.1) is 0 Å². The van der Waals surface area contributed by atoms with Crippen molar-refractivity contribution in [2.75, 3.05) is 13.7 Å². The van der Waals surface area contributed by atoms with Gasteiger partial charge in [-0.1, -0.05) is 42.5 Å². The van der Waals surface area contributed by atoms with E-state index in [4.69, 9.17) is 13.9 Å². The number of nitrogens with zero attached hydrogens (tertiary/aromatic N) is 1. The number of para-hydroxylation sites is 2. The van der Waals surface area contributed by atoms with Gasteiger partial charge in [0.2, 0.25) is 11.2 Å². The minimum Gasteiger partial charge on any atom is -0.507 e. The molecule has 0 aliphatic carbocycles. The average Bonchev–Trinajstić information content (AvgIpc) is 2.80. The highest BCUT2D eigenvalue weighted by Crippen LogP contribution is 2.34. The summed E-state index contributed by atoms with van der Waals surface area (Å²) in [5.41, 5.74) is 1.78. The van der Waals surface area contributed by atoms with Crippen LogP contribution in [0.2, 0.25) is 0 Å². The van der Waals surface area contributed by atoms with Gasteiger partial charge in [-0.2, -0.15) is 0 Å². The molecule has 3 aromatic carbocycles. The number of aromatic hydroxyl groups is 1. The van der Waals surface area contributed by atoms with E-state index in [9.17, 15) is 9.90 Å². The van der Waals surface area contributed by atoms with E-state index in [1.54, 1.807) is 25.1 Å². The van der Waals surface area contributed by atoms with Crippen LogP contribution in [0.4, 0.5) is 0 Å². The Morgan fingerprint density at radius 2 is 1.64 bits per heavy atom. The lowest BCUT2D eigenvalue weighted by Gasteiger charge is -2.19. The first-order valence-corrected chi connectivity index (χ1v) is 10.9. The maximum Gasteiger partial charge on any atom is 0.235 e. The second kappa shape index (κ2) is 9.79. The van der Waals surface area contributed by atoms with E-state index in [0.29, 0.717) is 53.5 Å². The zero-order chi connectivity index (χ0) is 23.4. The topological polar surface area (TPSA) is 72.1 Å². The van der Waals surface area contributed by atoms with Crippen LogP contribution in [0.25, 0.3) is 11.0 Å². The molecule has 1 heterocycles. The third-order valence-corrected chi connectivity index (χ3v) is 5.35. The van der Waals surface area contributed by atoms with Crippen LogP contribution in [0.15, 0.2) is 75.9 Å². The molecule has 0 unspecified atom stereocenters. The van der Waals surface area contributed by atoms with Crippen LogP contribution in [-0.4, -0.2) is 23.7 Å². The van der Waals surface area contributed by atoms with Gasteiger partial charge in [-0.05, 0) is 50.7 Å². The molecule has 6 nitrogen and oxygen atoms in total. The Bertz CT molecular complexity index is 1310. The number of aryl methyl sites for hydroxylation is 1. The van der Waals surface area contributed by atoms with Crippen LogP contribution in [-0.2, 0) is 13.1 Å². The number of fused-ring (bicyclic) bond motifs is 1. The number of phenolic OH excluding ortho intramolecular Hbond substituents is 1. The van der Waals surface area contributed by atoms with Crippen molar-refractivity contribution in [2.45, 2.75) is 26.9 Å². The van der Waals surface area contributed by atoms with Crippen molar-refractivity contribution in [1.82, 2.24) is 4.90 Å². The van der Waals surface area contributed by atoms with Gasteiger partial charge >= 0.3 is 0 Å². The average molecular weight is 446 g/mol. The van der Waals surface area contributed by atoms with Crippen LogP contribution in [0.5, 0.6) is 23.0 Å². The molecule has 0 amide bonds. The fourth-order valence-electron chi connectivity index (χ4n) is 3.81. The zero-order valence-electron chi connectivity index (χ0n) is 19.0. The predicted molar refractivity (Wildman–Crippen MR) is 128 cm³/mol. The molecule has 0 aliphatic rings. The molecule has 1 N–H and O–H groups in total. The number of phenols is 1. The second-order valence-electron chi connectivity index (χ2n) is 7.90. The molecule has 0 radical (unpaired) electrons. The molecule has 0 fully saturated rings. The first kappa shape index (κ1) is 22.4. The number of ether oxygens (including phenoxy) is 2. The number of hydrogen-bond donors (Lipinski definition) is 1. The molecule has 6 heteroatoms. The van der Waals surface area contributed by atoms with Gasteiger partial charge in [0.25, 0.3) is 0 Å². The van der Waals surface area contributed by atoms with Gasteiger partial charge in [-0.3, -0.25) is 9.69 Å². The molecule has 0 saturated heterocycles. The first-order valence-electron chi connectivity index (χ1n) is 10.9. The van der Waals surface area contributed by atoms with Crippen molar-refractivity contribution in [3.8, 4) is 23.0 Å². The minimum absolute atomic E-state index is 0.0836. The predicted octanol–water partition coefficient (Wildman–Crippen LogP) is 5.63. The molecule has 0 saturated carbocycles. The summed E-state index contributed by atoms with van der Waals surface area (Å²) in [6.07, 6.45) is 0. The quantitative estimate of drug-likeness (QED) is 0.379. The van der Waals surface area contributed by atoms with Crippen molar-refractivity contribution < 1.29 is 19.0 Å². The van der Waals surface area contributed by atoms with Crippen molar-refractivity contribution in [3.63, 3.8) is 0 Å². The Morgan fingerprint density at radius 3 is 2.36 bits per heavy atom. The minimum atomic E-state index is -0.299. The van der Waals surface area contributed by atoms with Crippen LogP contribution >= 0.6 is 0 Å². The molecule has 0 aliphatic heterocycles. The molecule has 4 rings (SSSR count). The van der Waals surface area contributed by atoms with Crippen LogP contribution in [0.3, 0.4) is 0 Å². The Hall–Kier alpha value is -3.77. The van der Waals surface area contributed by atoms with Gasteiger partial charge in [0, 0.05) is 13.1 Å². The summed E-state index contributed by atoms with van der Waals surface area (Å²) in [7, 11) is 1.96. The summed E-state index contributed by atoms with van der Waals surface area (Å²) in [6.45, 7) is 5.14. The summed E-state index contributed by atoms with van der Waals surface area (Å²) in [5, 5.41) is 10.9. The number of rotatable bonds is 8. The van der Waals surface area contributed by atoms with Gasteiger partial charge in [-0.25, -0.2) is 0 Å². The summed E-state index contributed by atoms with van der Waals surface area (Å²) in [4.78, 5) is 15.4. The lowest BCUT2D eigenvalue weighted by atomic mass is 10.1. The normalized spacial score (nSPS) is 11.2. The summed E-state index contributed by atoms with van der Waals surface area (Å²) in [5.74, 6) is 1.50. The van der Waals surface area contributed by atoms with Crippen molar-refractivity contribution in [1.29, 1.82) is 0 Å². The largest absolute Gasteiger partial charge is 0.507 e. The molecule has 0 bridgehead atoms. The zero-order valence-corrected chi connectivity index (χ0v) is 19.0. The summed E-state index contributed by atoms with van der Waals surface area (Å²) >= 11 is 0. The van der Waals surface area contributed by atoms with Crippen LogP contribution < -0.4 is 14.9 Å². The van der Waals surface area contributed by atoms with Crippen LogP contribution in [0, 0.1) is 6.92 Å². The lowest BCUT2D eigenvalue weighted by molar-refractivity contribution is 0.311. The van der Waals surface area contributed by atoms with E-state index in [2.05, 4.69) is 4.90 Å². The van der Waals surface area contributed by atoms with Gasteiger partial charge < -0.3 is 19.0 Å². The van der Waals surface area contributed by atoms with Crippen molar-refractivity contribution >= 4 is 11.0 Å². The molecular weight excluding hydrogens is 418 g/mol. The maximum atomic E-state index is 13.3. The SMILES string of the molecule is CCOc1ccccc1Oc1c(C)oc2c(CN(C)Cc3ccccc3)c(O)ccc2c1=O. The Morgan fingerprint density at radius 1 is 0.939 bits per heavy atom. The van der Waals surface area contributed by atoms with E-state index in [-0.39, 0.29) is 16.9 Å². The van der Waals surface area contributed by atoms with E-state index >= 15 is 0 Å². The standard InChI is InChI=1S/C27H27NO5/c1-4-31-23-12-8-9-13-24(23)33-26-18(2)32-27-20(25(26)30)14-15-22(29)21(27)17-28(3)16-19-10-6-5-7-11-19/h5-15,29H,4,16-17H2,1-3H3. The third-order valence-electron chi connectivity index (χ3n) is 5.35. The van der Waals surface area contributed by atoms with E-state index < -0.39 is 0 Å².